The fourth-order valence-electron chi connectivity index (χ4n) is 2.17. The van der Waals surface area contributed by atoms with Crippen LogP contribution in [0.1, 0.15) is 33.2 Å². The summed E-state index contributed by atoms with van der Waals surface area (Å²) in [6.07, 6.45) is 0. The van der Waals surface area contributed by atoms with E-state index in [0.717, 1.165) is 0 Å². The second-order valence-corrected chi connectivity index (χ2v) is 4.78. The third-order valence-electron chi connectivity index (χ3n) is 3.24. The van der Waals surface area contributed by atoms with Gasteiger partial charge in [0.05, 0.1) is 5.69 Å². The van der Waals surface area contributed by atoms with Gasteiger partial charge in [-0.15, -0.1) is 0 Å². The molecule has 7 heteroatoms. The van der Waals surface area contributed by atoms with Crippen LogP contribution in [0, 0.1) is 17.5 Å². The van der Waals surface area contributed by atoms with Gasteiger partial charge in [-0.25, -0.2) is 18.0 Å². The predicted octanol–water partition coefficient (Wildman–Crippen LogP) is 3.62. The van der Waals surface area contributed by atoms with E-state index in [-0.39, 0.29) is 18.4 Å². The molecule has 0 bridgehead atoms. The van der Waals surface area contributed by atoms with Crippen molar-refractivity contribution in [2.45, 2.75) is 13.5 Å². The van der Waals surface area contributed by atoms with E-state index in [1.54, 1.807) is 24.3 Å². The monoisotopic (exact) mass is 323 g/mol. The Hall–Kier alpha value is -2.83. The quantitative estimate of drug-likeness (QED) is 0.651. The minimum absolute atomic E-state index is 0.171. The number of anilines is 1. The smallest absolute Gasteiger partial charge is 0.340 e. The second-order valence-electron chi connectivity index (χ2n) is 4.78. The van der Waals surface area contributed by atoms with Crippen molar-refractivity contribution in [3.8, 4) is 0 Å². The second kappa shape index (κ2) is 6.51. The van der Waals surface area contributed by atoms with Crippen molar-refractivity contribution in [3.05, 3.63) is 64.5 Å². The summed E-state index contributed by atoms with van der Waals surface area (Å²) in [6, 6.07) is 6.54. The Kier molecular flexibility index (Phi) is 4.68. The summed E-state index contributed by atoms with van der Waals surface area (Å²) in [6.45, 7) is 1.17. The van der Waals surface area contributed by atoms with Gasteiger partial charge in [0.15, 0.2) is 17.4 Å². The molecule has 23 heavy (non-hydrogen) atoms. The minimum Gasteiger partial charge on any atom is -0.478 e. The van der Waals surface area contributed by atoms with Gasteiger partial charge in [-0.2, -0.15) is 0 Å². The van der Waals surface area contributed by atoms with Gasteiger partial charge >= 0.3 is 5.97 Å². The first kappa shape index (κ1) is 16.5. The van der Waals surface area contributed by atoms with Crippen LogP contribution in [0.4, 0.5) is 18.9 Å². The molecule has 120 valence electrons. The molecule has 0 spiro atoms. The minimum atomic E-state index is -1.73. The van der Waals surface area contributed by atoms with Crippen LogP contribution in [-0.2, 0) is 6.54 Å². The van der Waals surface area contributed by atoms with Crippen molar-refractivity contribution < 1.29 is 27.9 Å². The first-order valence-electron chi connectivity index (χ1n) is 6.56. The molecule has 0 unspecified atom stereocenters. The number of ketones is 1. The zero-order valence-electron chi connectivity index (χ0n) is 12.0. The van der Waals surface area contributed by atoms with Crippen molar-refractivity contribution in [1.29, 1.82) is 0 Å². The van der Waals surface area contributed by atoms with E-state index in [4.69, 9.17) is 5.11 Å². The van der Waals surface area contributed by atoms with Gasteiger partial charge < -0.3 is 10.4 Å². The van der Waals surface area contributed by atoms with Gasteiger partial charge in [0.2, 0.25) is 0 Å². The topological polar surface area (TPSA) is 66.4 Å². The van der Waals surface area contributed by atoms with Gasteiger partial charge in [-0.05, 0) is 12.5 Å². The highest BCUT2D eigenvalue weighted by Crippen LogP contribution is 2.26. The molecule has 0 aromatic heterocycles. The van der Waals surface area contributed by atoms with E-state index >= 15 is 0 Å². The van der Waals surface area contributed by atoms with Crippen LogP contribution < -0.4 is 5.32 Å². The van der Waals surface area contributed by atoms with Crippen molar-refractivity contribution in [1.82, 2.24) is 0 Å². The maximum Gasteiger partial charge on any atom is 0.340 e. The molecular weight excluding hydrogens is 311 g/mol. The van der Waals surface area contributed by atoms with Crippen LogP contribution in [-0.4, -0.2) is 16.9 Å². The third-order valence-corrected chi connectivity index (χ3v) is 3.24. The molecule has 4 nitrogen and oxygen atoms in total. The van der Waals surface area contributed by atoms with Crippen LogP contribution in [0.5, 0.6) is 0 Å². The van der Waals surface area contributed by atoms with Crippen LogP contribution in [0.2, 0.25) is 0 Å². The predicted molar refractivity (Wildman–Crippen MR) is 77.0 cm³/mol. The molecule has 2 aromatic rings. The maximum absolute atomic E-state index is 13.8. The summed E-state index contributed by atoms with van der Waals surface area (Å²) in [5.41, 5.74) is -1.01. The summed E-state index contributed by atoms with van der Waals surface area (Å²) in [7, 11) is 0. The van der Waals surface area contributed by atoms with Crippen molar-refractivity contribution in [2.75, 3.05) is 5.32 Å². The summed E-state index contributed by atoms with van der Waals surface area (Å²) in [5, 5.41) is 11.3. The van der Waals surface area contributed by atoms with Gasteiger partial charge in [-0.3, -0.25) is 4.79 Å². The molecule has 0 aliphatic heterocycles. The number of rotatable bonds is 5. The normalized spacial score (nSPS) is 10.4. The molecule has 0 radical (unpaired) electrons. The van der Waals surface area contributed by atoms with Gasteiger partial charge in [0.25, 0.3) is 0 Å². The number of carboxylic acids is 1. The average Bonchev–Trinajstić information content (AvgIpc) is 2.49. The van der Waals surface area contributed by atoms with Crippen LogP contribution in [0.15, 0.2) is 30.3 Å². The summed E-state index contributed by atoms with van der Waals surface area (Å²) >= 11 is 0. The fraction of sp³-hybridized carbons (Fsp3) is 0.125. The highest BCUT2D eigenvalue weighted by Gasteiger charge is 2.23. The molecular formula is C16H12F3NO3. The Morgan fingerprint density at radius 2 is 1.78 bits per heavy atom. The SMILES string of the molecule is CC(=O)c1ccccc1CNc1c(F)c(F)cc(F)c1C(=O)O. The van der Waals surface area contributed by atoms with E-state index < -0.39 is 34.7 Å². The molecule has 0 aliphatic carbocycles. The number of hydrogen-bond acceptors (Lipinski definition) is 3. The largest absolute Gasteiger partial charge is 0.478 e. The number of benzene rings is 2. The number of nitrogens with one attached hydrogen (secondary N) is 1. The molecule has 0 amide bonds. The van der Waals surface area contributed by atoms with E-state index in [1.165, 1.54) is 6.92 Å². The van der Waals surface area contributed by atoms with Crippen molar-refractivity contribution >= 4 is 17.4 Å². The van der Waals surface area contributed by atoms with Gasteiger partial charge in [0, 0.05) is 18.2 Å². The molecule has 2 rings (SSSR count). The standard InChI is InChI=1S/C16H12F3NO3/c1-8(21)10-5-3-2-4-9(10)7-20-15-13(16(22)23)11(17)6-12(18)14(15)19/h2-6,20H,7H2,1H3,(H,22,23). The van der Waals surface area contributed by atoms with E-state index in [2.05, 4.69) is 5.32 Å². The lowest BCUT2D eigenvalue weighted by Crippen LogP contribution is -2.13. The Morgan fingerprint density at radius 1 is 1.13 bits per heavy atom. The zero-order valence-corrected chi connectivity index (χ0v) is 12.0. The molecule has 0 saturated carbocycles. The lowest BCUT2D eigenvalue weighted by molar-refractivity contribution is 0.0692. The molecule has 0 atom stereocenters. The first-order chi connectivity index (χ1) is 10.8. The summed E-state index contributed by atoms with van der Waals surface area (Å²) < 4.78 is 40.7. The molecule has 0 heterocycles. The van der Waals surface area contributed by atoms with Crippen LogP contribution >= 0.6 is 0 Å². The lowest BCUT2D eigenvalue weighted by Gasteiger charge is -2.13. The van der Waals surface area contributed by atoms with E-state index in [0.29, 0.717) is 11.1 Å². The van der Waals surface area contributed by atoms with Gasteiger partial charge in [-0.1, -0.05) is 24.3 Å². The number of halogens is 3. The Morgan fingerprint density at radius 3 is 2.39 bits per heavy atom. The molecule has 0 fully saturated rings. The van der Waals surface area contributed by atoms with Crippen molar-refractivity contribution in [3.63, 3.8) is 0 Å². The first-order valence-corrected chi connectivity index (χ1v) is 6.56. The van der Waals surface area contributed by atoms with E-state index in [1.807, 2.05) is 0 Å². The number of carbonyl (C=O) groups excluding carboxylic acids is 1. The number of carbonyl (C=O) groups is 2. The highest BCUT2D eigenvalue weighted by atomic mass is 19.2. The average molecular weight is 323 g/mol. The van der Waals surface area contributed by atoms with Crippen LogP contribution in [0.25, 0.3) is 0 Å². The fourth-order valence-corrected chi connectivity index (χ4v) is 2.17. The lowest BCUT2D eigenvalue weighted by atomic mass is 10.0. The third kappa shape index (κ3) is 3.33. The van der Waals surface area contributed by atoms with Crippen molar-refractivity contribution in [2.24, 2.45) is 0 Å². The molecule has 0 saturated heterocycles. The Bertz CT molecular complexity index is 790. The maximum atomic E-state index is 13.8. The highest BCUT2D eigenvalue weighted by molar-refractivity contribution is 5.96. The molecule has 0 aliphatic rings. The zero-order chi connectivity index (χ0) is 17.1. The summed E-state index contributed by atoms with van der Waals surface area (Å²) in [4.78, 5) is 22.6. The molecule has 2 N–H and O–H groups in total. The Labute approximate surface area is 129 Å². The number of carboxylic acid groups (broad SMARTS) is 1. The van der Waals surface area contributed by atoms with Gasteiger partial charge in [0.1, 0.15) is 11.4 Å². The molecule has 2 aromatic carbocycles. The van der Waals surface area contributed by atoms with E-state index in [9.17, 15) is 22.8 Å². The Balaban J connectivity index is 2.42. The van der Waals surface area contributed by atoms with Crippen LogP contribution in [0.3, 0.4) is 0 Å². The number of Topliss-reactive ketones (excluding diaryl/α,β-unsaturated/α-hetero) is 1. The summed E-state index contributed by atoms with van der Waals surface area (Å²) in [5.74, 6) is -6.37. The number of aromatic carboxylic acids is 1. The number of hydrogen-bond donors (Lipinski definition) is 2.